The van der Waals surface area contributed by atoms with Gasteiger partial charge in [-0.1, -0.05) is 55.5 Å². The van der Waals surface area contributed by atoms with Crippen molar-refractivity contribution in [3.63, 3.8) is 0 Å². The molecule has 8 nitrogen and oxygen atoms in total. The zero-order valence-corrected chi connectivity index (χ0v) is 22.2. The second kappa shape index (κ2) is 11.7. The van der Waals surface area contributed by atoms with Crippen molar-refractivity contribution in [3.8, 4) is 17.2 Å². The lowest BCUT2D eigenvalue weighted by atomic mass is 10.1. The van der Waals surface area contributed by atoms with Gasteiger partial charge in [0.2, 0.25) is 0 Å². The molecule has 0 saturated carbocycles. The van der Waals surface area contributed by atoms with Gasteiger partial charge in [-0.15, -0.1) is 0 Å². The number of amides is 4. The van der Waals surface area contributed by atoms with E-state index in [0.717, 1.165) is 27.7 Å². The van der Waals surface area contributed by atoms with Gasteiger partial charge < -0.3 is 14.2 Å². The number of fused-ring (bicyclic) bond motifs is 1. The van der Waals surface area contributed by atoms with Crippen molar-refractivity contribution in [2.75, 3.05) is 18.6 Å². The predicted octanol–water partition coefficient (Wildman–Crippen LogP) is 5.88. The highest BCUT2D eigenvalue weighted by molar-refractivity contribution is 6.39. The molecule has 0 atom stereocenters. The molecule has 1 heterocycles. The number of methoxy groups -OCH3 is 1. The fraction of sp³-hybridized carbons (Fsp3) is 0.156. The molecule has 0 spiro atoms. The van der Waals surface area contributed by atoms with Crippen LogP contribution in [0.1, 0.15) is 24.5 Å². The summed E-state index contributed by atoms with van der Waals surface area (Å²) in [7, 11) is 1.52. The Kier molecular flexibility index (Phi) is 7.77. The smallest absolute Gasteiger partial charge is 0.335 e. The molecule has 0 unspecified atom stereocenters. The lowest BCUT2D eigenvalue weighted by molar-refractivity contribution is -0.122. The second-order valence-electron chi connectivity index (χ2n) is 9.14. The normalized spacial score (nSPS) is 14.4. The zero-order chi connectivity index (χ0) is 28.1. The summed E-state index contributed by atoms with van der Waals surface area (Å²) >= 11 is 0. The average molecular weight is 537 g/mol. The molecule has 4 aromatic rings. The van der Waals surface area contributed by atoms with Crippen LogP contribution in [-0.2, 0) is 16.2 Å². The van der Waals surface area contributed by atoms with Gasteiger partial charge in [-0.2, -0.15) is 0 Å². The van der Waals surface area contributed by atoms with Crippen molar-refractivity contribution in [2.45, 2.75) is 20.0 Å². The molecule has 0 aromatic heterocycles. The molecule has 1 fully saturated rings. The van der Waals surface area contributed by atoms with E-state index in [4.69, 9.17) is 14.2 Å². The van der Waals surface area contributed by atoms with Gasteiger partial charge in [-0.3, -0.25) is 14.9 Å². The van der Waals surface area contributed by atoms with Gasteiger partial charge in [0, 0.05) is 0 Å². The molecule has 0 radical (unpaired) electrons. The van der Waals surface area contributed by atoms with Gasteiger partial charge in [-0.25, -0.2) is 9.69 Å². The molecule has 5 rings (SSSR count). The number of carbonyl (C=O) groups excluding carboxylic acids is 3. The quantitative estimate of drug-likeness (QED) is 0.212. The molecule has 40 heavy (non-hydrogen) atoms. The molecule has 0 bridgehead atoms. The second-order valence-corrected chi connectivity index (χ2v) is 9.14. The first kappa shape index (κ1) is 26.5. The van der Waals surface area contributed by atoms with Gasteiger partial charge in [0.05, 0.1) is 19.4 Å². The Hall–Kier alpha value is -5.11. The van der Waals surface area contributed by atoms with E-state index in [-0.39, 0.29) is 5.57 Å². The summed E-state index contributed by atoms with van der Waals surface area (Å²) in [6.45, 7) is 2.89. The highest BCUT2D eigenvalue weighted by atomic mass is 16.5. The number of carbonyl (C=O) groups is 3. The molecule has 0 aliphatic carbocycles. The van der Waals surface area contributed by atoms with Crippen molar-refractivity contribution in [2.24, 2.45) is 0 Å². The van der Waals surface area contributed by atoms with E-state index in [1.165, 1.54) is 13.2 Å². The molecule has 4 amide bonds. The number of nitrogens with zero attached hydrogens (tertiary/aromatic N) is 1. The number of ether oxygens (including phenoxy) is 3. The minimum Gasteiger partial charge on any atom is -0.494 e. The highest BCUT2D eigenvalue weighted by Crippen LogP contribution is 2.31. The van der Waals surface area contributed by atoms with Crippen LogP contribution in [0.5, 0.6) is 17.2 Å². The summed E-state index contributed by atoms with van der Waals surface area (Å²) in [5.41, 5.74) is 1.70. The monoisotopic (exact) mass is 536 g/mol. The van der Waals surface area contributed by atoms with Crippen molar-refractivity contribution >= 4 is 40.4 Å². The lowest BCUT2D eigenvalue weighted by Crippen LogP contribution is -2.54. The molecule has 8 heteroatoms. The van der Waals surface area contributed by atoms with Crippen LogP contribution in [0.15, 0.2) is 90.5 Å². The predicted molar refractivity (Wildman–Crippen MR) is 153 cm³/mol. The summed E-state index contributed by atoms with van der Waals surface area (Å²) < 4.78 is 17.2. The van der Waals surface area contributed by atoms with E-state index >= 15 is 0 Å². The van der Waals surface area contributed by atoms with Crippen molar-refractivity contribution < 1.29 is 28.6 Å². The fourth-order valence-corrected chi connectivity index (χ4v) is 4.44. The van der Waals surface area contributed by atoms with Gasteiger partial charge >= 0.3 is 6.03 Å². The van der Waals surface area contributed by atoms with Gasteiger partial charge in [-0.05, 0) is 70.8 Å². The summed E-state index contributed by atoms with van der Waals surface area (Å²) in [6.07, 6.45) is 2.28. The first-order valence-electron chi connectivity index (χ1n) is 12.9. The summed E-state index contributed by atoms with van der Waals surface area (Å²) in [6, 6.07) is 25.0. The first-order chi connectivity index (χ1) is 19.5. The highest BCUT2D eigenvalue weighted by Gasteiger charge is 2.36. The lowest BCUT2D eigenvalue weighted by Gasteiger charge is -2.26. The Labute approximate surface area is 231 Å². The van der Waals surface area contributed by atoms with Crippen molar-refractivity contribution in [1.29, 1.82) is 0 Å². The molecular weight excluding hydrogens is 508 g/mol. The average Bonchev–Trinajstić information content (AvgIpc) is 2.98. The Balaban J connectivity index is 1.37. The van der Waals surface area contributed by atoms with E-state index in [1.807, 2.05) is 31.2 Å². The maximum atomic E-state index is 13.3. The number of urea groups is 1. The molecule has 1 aliphatic rings. The number of hydrogen-bond acceptors (Lipinski definition) is 6. The third kappa shape index (κ3) is 5.51. The van der Waals surface area contributed by atoms with Crippen LogP contribution in [0, 0.1) is 0 Å². The summed E-state index contributed by atoms with van der Waals surface area (Å²) in [5.74, 6) is 0.0702. The maximum absolute atomic E-state index is 13.3. The van der Waals surface area contributed by atoms with Gasteiger partial charge in [0.25, 0.3) is 11.8 Å². The summed E-state index contributed by atoms with van der Waals surface area (Å²) in [4.78, 5) is 39.4. The number of benzene rings is 4. The standard InChI is InChI=1S/C32H28N2O6/c1-3-17-39-25-14-12-24(13-15-25)34-31(36)27(30(35)33-32(34)37)18-21-11-16-28(29(19-21)38-2)40-20-23-9-6-8-22-7-4-5-10-26(22)23/h4-16,18-19H,3,17,20H2,1-2H3,(H,33,35,37)/b27-18-. The van der Waals surface area contributed by atoms with Crippen LogP contribution < -0.4 is 24.4 Å². The summed E-state index contributed by atoms with van der Waals surface area (Å²) in [5, 5.41) is 4.47. The Morgan fingerprint density at radius 1 is 0.850 bits per heavy atom. The van der Waals surface area contributed by atoms with Crippen LogP contribution in [0.3, 0.4) is 0 Å². The van der Waals surface area contributed by atoms with Crippen LogP contribution in [0.4, 0.5) is 10.5 Å². The van der Waals surface area contributed by atoms with E-state index in [2.05, 4.69) is 23.5 Å². The first-order valence-corrected chi connectivity index (χ1v) is 12.9. The van der Waals surface area contributed by atoms with Crippen LogP contribution >= 0.6 is 0 Å². The Bertz CT molecular complexity index is 1600. The largest absolute Gasteiger partial charge is 0.494 e. The fourth-order valence-electron chi connectivity index (χ4n) is 4.44. The number of anilines is 1. The topological polar surface area (TPSA) is 94.2 Å². The molecule has 1 saturated heterocycles. The SMILES string of the molecule is CCCOc1ccc(N2C(=O)NC(=O)/C(=C/c3ccc(OCc4cccc5ccccc45)c(OC)c3)C2=O)cc1. The Morgan fingerprint density at radius 2 is 1.62 bits per heavy atom. The van der Waals surface area contributed by atoms with E-state index in [1.54, 1.807) is 42.5 Å². The number of barbiturate groups is 1. The third-order valence-corrected chi connectivity index (χ3v) is 6.43. The number of hydrogen-bond donors (Lipinski definition) is 1. The van der Waals surface area contributed by atoms with Crippen LogP contribution in [0.2, 0.25) is 0 Å². The number of rotatable bonds is 9. The van der Waals surface area contributed by atoms with E-state index in [0.29, 0.717) is 41.7 Å². The third-order valence-electron chi connectivity index (χ3n) is 6.43. The maximum Gasteiger partial charge on any atom is 0.335 e. The van der Waals surface area contributed by atoms with Crippen molar-refractivity contribution in [1.82, 2.24) is 5.32 Å². The molecule has 1 N–H and O–H groups in total. The van der Waals surface area contributed by atoms with Gasteiger partial charge in [0.1, 0.15) is 17.9 Å². The molecule has 1 aliphatic heterocycles. The molecule has 4 aromatic carbocycles. The number of nitrogens with one attached hydrogen (secondary N) is 1. The Morgan fingerprint density at radius 3 is 2.40 bits per heavy atom. The van der Waals surface area contributed by atoms with Crippen LogP contribution in [0.25, 0.3) is 16.8 Å². The minimum atomic E-state index is -0.816. The molecular formula is C32H28N2O6. The minimum absolute atomic E-state index is 0.183. The van der Waals surface area contributed by atoms with E-state index in [9.17, 15) is 14.4 Å². The van der Waals surface area contributed by atoms with E-state index < -0.39 is 17.8 Å². The van der Waals surface area contributed by atoms with Crippen molar-refractivity contribution in [3.05, 3.63) is 102 Å². The van der Waals surface area contributed by atoms with Gasteiger partial charge in [0.15, 0.2) is 11.5 Å². The molecule has 202 valence electrons. The van der Waals surface area contributed by atoms with Crippen LogP contribution in [-0.4, -0.2) is 31.6 Å². The zero-order valence-electron chi connectivity index (χ0n) is 22.2. The number of imide groups is 2.